The number of aromatic nitrogens is 1. The molecule has 0 aliphatic carbocycles. The minimum atomic E-state index is 0.153. The van der Waals surface area contributed by atoms with Crippen molar-refractivity contribution in [2.24, 2.45) is 0 Å². The van der Waals surface area contributed by atoms with Gasteiger partial charge in [-0.25, -0.2) is 4.98 Å². The lowest BCUT2D eigenvalue weighted by Crippen LogP contribution is -2.35. The lowest BCUT2D eigenvalue weighted by molar-refractivity contribution is 0.0167. The van der Waals surface area contributed by atoms with Crippen LogP contribution >= 0.6 is 11.3 Å². The van der Waals surface area contributed by atoms with Gasteiger partial charge in [0.2, 0.25) is 0 Å². The van der Waals surface area contributed by atoms with Crippen molar-refractivity contribution in [2.45, 2.75) is 84.4 Å². The number of rotatable bonds is 6. The molecule has 2 rings (SSSR count). The highest BCUT2D eigenvalue weighted by atomic mass is 32.1. The molecule has 21 heavy (non-hydrogen) atoms. The van der Waals surface area contributed by atoms with Crippen molar-refractivity contribution in [1.82, 2.24) is 10.3 Å². The Morgan fingerprint density at radius 1 is 1.33 bits per heavy atom. The van der Waals surface area contributed by atoms with Gasteiger partial charge in [-0.05, 0) is 46.5 Å². The van der Waals surface area contributed by atoms with Crippen molar-refractivity contribution in [1.29, 1.82) is 0 Å². The van der Waals surface area contributed by atoms with Gasteiger partial charge in [-0.1, -0.05) is 13.3 Å². The summed E-state index contributed by atoms with van der Waals surface area (Å²) in [6.07, 6.45) is 7.35. The van der Waals surface area contributed by atoms with Gasteiger partial charge >= 0.3 is 0 Å². The van der Waals surface area contributed by atoms with Gasteiger partial charge in [0.15, 0.2) is 0 Å². The molecule has 1 saturated heterocycles. The van der Waals surface area contributed by atoms with Crippen molar-refractivity contribution in [3.05, 3.63) is 15.6 Å². The highest BCUT2D eigenvalue weighted by Gasteiger charge is 2.19. The molecule has 0 saturated carbocycles. The van der Waals surface area contributed by atoms with E-state index in [0.717, 1.165) is 32.4 Å². The number of nitrogens with zero attached hydrogens (tertiary/aromatic N) is 1. The number of ether oxygens (including phenoxy) is 1. The van der Waals surface area contributed by atoms with E-state index in [0.29, 0.717) is 6.10 Å². The van der Waals surface area contributed by atoms with Gasteiger partial charge in [-0.3, -0.25) is 0 Å². The van der Waals surface area contributed by atoms with Gasteiger partial charge in [0.1, 0.15) is 0 Å². The molecule has 1 aromatic rings. The van der Waals surface area contributed by atoms with Crippen LogP contribution in [0.25, 0.3) is 0 Å². The van der Waals surface area contributed by atoms with Gasteiger partial charge in [0.05, 0.1) is 16.8 Å². The predicted molar refractivity (Wildman–Crippen MR) is 90.0 cm³/mol. The first-order valence-electron chi connectivity index (χ1n) is 8.32. The lowest BCUT2D eigenvalue weighted by Gasteiger charge is -2.21. The molecule has 1 aliphatic heterocycles. The van der Waals surface area contributed by atoms with Gasteiger partial charge in [0.25, 0.3) is 0 Å². The van der Waals surface area contributed by atoms with Gasteiger partial charge < -0.3 is 10.1 Å². The first-order chi connectivity index (χ1) is 9.98. The van der Waals surface area contributed by atoms with Crippen LogP contribution in [0, 0.1) is 0 Å². The Balaban J connectivity index is 2.01. The molecule has 1 unspecified atom stereocenters. The Hall–Kier alpha value is -0.450. The molecule has 0 amide bonds. The number of nitrogens with one attached hydrogen (secondary N) is 1. The Kier molecular flexibility index (Phi) is 6.20. The Bertz CT molecular complexity index is 430. The van der Waals surface area contributed by atoms with E-state index in [4.69, 9.17) is 9.72 Å². The first kappa shape index (κ1) is 16.9. The van der Waals surface area contributed by atoms with Crippen molar-refractivity contribution in [3.63, 3.8) is 0 Å². The second-order valence-electron chi connectivity index (χ2n) is 7.02. The fourth-order valence-electron chi connectivity index (χ4n) is 2.60. The molecule has 1 fully saturated rings. The average Bonchev–Trinajstić information content (AvgIpc) is 2.79. The molecule has 0 spiro atoms. The first-order valence-corrected chi connectivity index (χ1v) is 9.13. The van der Waals surface area contributed by atoms with Crippen LogP contribution < -0.4 is 5.32 Å². The Morgan fingerprint density at radius 2 is 2.14 bits per heavy atom. The standard InChI is InChI=1S/C17H30N2OS/c1-5-8-14-15(12-18-17(2,3)4)21-16(19-14)11-13-9-6-7-10-20-13/h13,18H,5-12H2,1-4H3. The predicted octanol–water partition coefficient (Wildman–Crippen LogP) is 4.10. The summed E-state index contributed by atoms with van der Waals surface area (Å²) in [6, 6.07) is 0. The molecule has 1 aromatic heterocycles. The van der Waals surface area contributed by atoms with Crippen LogP contribution in [0.15, 0.2) is 0 Å². The zero-order chi connectivity index (χ0) is 15.3. The second-order valence-corrected chi connectivity index (χ2v) is 8.19. The van der Waals surface area contributed by atoms with Crippen LogP contribution in [-0.2, 0) is 24.1 Å². The third-order valence-electron chi connectivity index (χ3n) is 3.76. The number of hydrogen-bond acceptors (Lipinski definition) is 4. The Labute approximate surface area is 133 Å². The second kappa shape index (κ2) is 7.70. The quantitative estimate of drug-likeness (QED) is 0.859. The van der Waals surface area contributed by atoms with Crippen LogP contribution in [0.2, 0.25) is 0 Å². The molecule has 4 heteroatoms. The molecule has 3 nitrogen and oxygen atoms in total. The molecule has 120 valence electrons. The van der Waals surface area contributed by atoms with Crippen LogP contribution in [0.1, 0.15) is 69.0 Å². The SMILES string of the molecule is CCCc1nc(CC2CCCCO2)sc1CNC(C)(C)C. The molecule has 2 heterocycles. The summed E-state index contributed by atoms with van der Waals surface area (Å²) in [6.45, 7) is 10.7. The number of aryl methyl sites for hydroxylation is 1. The summed E-state index contributed by atoms with van der Waals surface area (Å²) in [7, 11) is 0. The minimum Gasteiger partial charge on any atom is -0.378 e. The molecular weight excluding hydrogens is 280 g/mol. The van der Waals surface area contributed by atoms with E-state index < -0.39 is 0 Å². The summed E-state index contributed by atoms with van der Waals surface area (Å²) in [5, 5.41) is 4.85. The maximum absolute atomic E-state index is 5.86. The molecular formula is C17H30N2OS. The monoisotopic (exact) mass is 310 g/mol. The van der Waals surface area contributed by atoms with Crippen LogP contribution in [0.5, 0.6) is 0 Å². The van der Waals surface area contributed by atoms with Crippen LogP contribution in [-0.4, -0.2) is 23.2 Å². The topological polar surface area (TPSA) is 34.1 Å². The fraction of sp³-hybridized carbons (Fsp3) is 0.824. The van der Waals surface area contributed by atoms with E-state index in [1.54, 1.807) is 0 Å². The average molecular weight is 311 g/mol. The largest absolute Gasteiger partial charge is 0.378 e. The van der Waals surface area contributed by atoms with Crippen LogP contribution in [0.3, 0.4) is 0 Å². The van der Waals surface area contributed by atoms with E-state index in [-0.39, 0.29) is 5.54 Å². The van der Waals surface area contributed by atoms with E-state index in [2.05, 4.69) is 33.0 Å². The van der Waals surface area contributed by atoms with Crippen molar-refractivity contribution >= 4 is 11.3 Å². The van der Waals surface area contributed by atoms with E-state index in [1.165, 1.54) is 34.8 Å². The number of hydrogen-bond donors (Lipinski definition) is 1. The lowest BCUT2D eigenvalue weighted by atomic mass is 10.1. The third kappa shape index (κ3) is 5.68. The zero-order valence-corrected chi connectivity index (χ0v) is 14.8. The summed E-state index contributed by atoms with van der Waals surface area (Å²) < 4.78 is 5.86. The maximum atomic E-state index is 5.86. The minimum absolute atomic E-state index is 0.153. The highest BCUT2D eigenvalue weighted by molar-refractivity contribution is 7.11. The third-order valence-corrected chi connectivity index (χ3v) is 4.88. The summed E-state index contributed by atoms with van der Waals surface area (Å²) in [5.74, 6) is 0. The molecule has 0 bridgehead atoms. The maximum Gasteiger partial charge on any atom is 0.0957 e. The zero-order valence-electron chi connectivity index (χ0n) is 14.0. The van der Waals surface area contributed by atoms with Gasteiger partial charge in [-0.15, -0.1) is 11.3 Å². The summed E-state index contributed by atoms with van der Waals surface area (Å²) in [5.41, 5.74) is 1.45. The van der Waals surface area contributed by atoms with E-state index in [9.17, 15) is 0 Å². The summed E-state index contributed by atoms with van der Waals surface area (Å²) in [4.78, 5) is 6.31. The molecule has 0 aromatic carbocycles. The van der Waals surface area contributed by atoms with E-state index in [1.807, 2.05) is 11.3 Å². The normalized spacial score (nSPS) is 19.9. The van der Waals surface area contributed by atoms with Crippen LogP contribution in [0.4, 0.5) is 0 Å². The van der Waals surface area contributed by atoms with E-state index >= 15 is 0 Å². The molecule has 0 radical (unpaired) electrons. The highest BCUT2D eigenvalue weighted by Crippen LogP contribution is 2.25. The Morgan fingerprint density at radius 3 is 2.76 bits per heavy atom. The summed E-state index contributed by atoms with van der Waals surface area (Å²) >= 11 is 1.88. The van der Waals surface area contributed by atoms with Crippen molar-refractivity contribution in [2.75, 3.05) is 6.61 Å². The molecule has 1 atom stereocenters. The molecule has 1 aliphatic rings. The molecule has 1 N–H and O–H groups in total. The fourth-order valence-corrected chi connectivity index (χ4v) is 3.72. The smallest absolute Gasteiger partial charge is 0.0957 e. The van der Waals surface area contributed by atoms with Crippen molar-refractivity contribution in [3.8, 4) is 0 Å². The van der Waals surface area contributed by atoms with Gasteiger partial charge in [-0.2, -0.15) is 0 Å². The van der Waals surface area contributed by atoms with Gasteiger partial charge in [0, 0.05) is 30.0 Å². The number of thiazole rings is 1. The van der Waals surface area contributed by atoms with Crippen molar-refractivity contribution < 1.29 is 4.74 Å².